The summed E-state index contributed by atoms with van der Waals surface area (Å²) in [6, 6.07) is 7.98. The number of esters is 1. The monoisotopic (exact) mass is 300 g/mol. The van der Waals surface area contributed by atoms with Gasteiger partial charge in [-0.3, -0.25) is 0 Å². The molecular formula is C18H24N2O2. The van der Waals surface area contributed by atoms with Gasteiger partial charge in [0.2, 0.25) is 0 Å². The molecule has 1 heterocycles. The number of nitrogens with zero attached hydrogens (tertiary/aromatic N) is 2. The van der Waals surface area contributed by atoms with E-state index in [4.69, 9.17) is 4.74 Å². The Kier molecular flexibility index (Phi) is 6.19. The van der Waals surface area contributed by atoms with Gasteiger partial charge in [-0.25, -0.2) is 9.78 Å². The maximum atomic E-state index is 11.9. The summed E-state index contributed by atoms with van der Waals surface area (Å²) in [6.07, 6.45) is 9.67. The topological polar surface area (TPSA) is 44.1 Å². The molecule has 4 heteroatoms. The molecule has 1 aromatic heterocycles. The third kappa shape index (κ3) is 4.20. The summed E-state index contributed by atoms with van der Waals surface area (Å²) >= 11 is 0. The van der Waals surface area contributed by atoms with Crippen molar-refractivity contribution in [2.24, 2.45) is 0 Å². The summed E-state index contributed by atoms with van der Waals surface area (Å²) in [5.74, 6) is -0.241. The fraction of sp³-hybridized carbons (Fsp3) is 0.444. The lowest BCUT2D eigenvalue weighted by Crippen LogP contribution is -2.10. The van der Waals surface area contributed by atoms with E-state index in [2.05, 4.69) is 23.4 Å². The predicted molar refractivity (Wildman–Crippen MR) is 86.9 cm³/mol. The SMILES string of the molecule is CCCCOC(=O)c1ccc(C(CCC)n2ccnc2)cc1. The zero-order chi connectivity index (χ0) is 15.8. The minimum absolute atomic E-state index is 0.241. The van der Waals surface area contributed by atoms with Crippen molar-refractivity contribution in [2.45, 2.75) is 45.6 Å². The van der Waals surface area contributed by atoms with Crippen molar-refractivity contribution in [3.63, 3.8) is 0 Å². The Morgan fingerprint density at radius 2 is 2.00 bits per heavy atom. The van der Waals surface area contributed by atoms with E-state index >= 15 is 0 Å². The minimum atomic E-state index is -0.241. The first-order chi connectivity index (χ1) is 10.8. The van der Waals surface area contributed by atoms with Crippen molar-refractivity contribution >= 4 is 5.97 Å². The van der Waals surface area contributed by atoms with E-state index in [1.165, 1.54) is 5.56 Å². The normalized spacial score (nSPS) is 12.1. The Hall–Kier alpha value is -2.10. The molecule has 0 spiro atoms. The Morgan fingerprint density at radius 3 is 2.59 bits per heavy atom. The quantitative estimate of drug-likeness (QED) is 0.541. The van der Waals surface area contributed by atoms with Crippen LogP contribution in [0.3, 0.4) is 0 Å². The number of carbonyl (C=O) groups is 1. The van der Waals surface area contributed by atoms with E-state index in [9.17, 15) is 4.79 Å². The van der Waals surface area contributed by atoms with E-state index < -0.39 is 0 Å². The second-order valence-corrected chi connectivity index (χ2v) is 5.43. The number of ether oxygens (including phenoxy) is 1. The van der Waals surface area contributed by atoms with Crippen LogP contribution in [0.1, 0.15) is 61.5 Å². The number of aromatic nitrogens is 2. The molecule has 1 atom stereocenters. The molecule has 0 radical (unpaired) electrons. The van der Waals surface area contributed by atoms with Crippen molar-refractivity contribution in [3.8, 4) is 0 Å². The fourth-order valence-corrected chi connectivity index (χ4v) is 2.45. The zero-order valence-electron chi connectivity index (χ0n) is 13.4. The second-order valence-electron chi connectivity index (χ2n) is 5.43. The highest BCUT2D eigenvalue weighted by Crippen LogP contribution is 2.23. The first-order valence-electron chi connectivity index (χ1n) is 8.00. The van der Waals surface area contributed by atoms with Gasteiger partial charge < -0.3 is 9.30 Å². The molecule has 1 aromatic carbocycles. The Bertz CT molecular complexity index is 561. The lowest BCUT2D eigenvalue weighted by Gasteiger charge is -2.18. The van der Waals surface area contributed by atoms with Crippen LogP contribution in [0.4, 0.5) is 0 Å². The summed E-state index contributed by atoms with van der Waals surface area (Å²) in [5.41, 5.74) is 1.80. The largest absolute Gasteiger partial charge is 0.462 e. The van der Waals surface area contributed by atoms with Crippen LogP contribution in [0.15, 0.2) is 43.0 Å². The molecule has 0 amide bonds. The van der Waals surface area contributed by atoms with Gasteiger partial charge in [0.05, 0.1) is 24.5 Å². The van der Waals surface area contributed by atoms with Crippen LogP contribution in [-0.2, 0) is 4.74 Å². The molecule has 2 aromatic rings. The first-order valence-corrected chi connectivity index (χ1v) is 8.00. The molecule has 1 unspecified atom stereocenters. The van der Waals surface area contributed by atoms with Crippen LogP contribution in [0.25, 0.3) is 0 Å². The van der Waals surface area contributed by atoms with Gasteiger partial charge in [0.1, 0.15) is 0 Å². The number of carbonyl (C=O) groups excluding carboxylic acids is 1. The standard InChI is InChI=1S/C18H24N2O2/c1-3-5-13-22-18(21)16-9-7-15(8-10-16)17(6-4-2)20-12-11-19-14-20/h7-12,14,17H,3-6,13H2,1-2H3. The molecule has 118 valence electrons. The van der Waals surface area contributed by atoms with Crippen molar-refractivity contribution in [2.75, 3.05) is 6.61 Å². The predicted octanol–water partition coefficient (Wildman–Crippen LogP) is 4.23. The van der Waals surface area contributed by atoms with Crippen molar-refractivity contribution in [1.29, 1.82) is 0 Å². The van der Waals surface area contributed by atoms with Crippen LogP contribution in [0, 0.1) is 0 Å². The van der Waals surface area contributed by atoms with E-state index in [-0.39, 0.29) is 12.0 Å². The van der Waals surface area contributed by atoms with Crippen molar-refractivity contribution in [3.05, 3.63) is 54.1 Å². The van der Waals surface area contributed by atoms with Gasteiger partial charge in [0.15, 0.2) is 0 Å². The number of benzene rings is 1. The Morgan fingerprint density at radius 1 is 1.23 bits per heavy atom. The lowest BCUT2D eigenvalue weighted by molar-refractivity contribution is 0.0499. The Labute approximate surface area is 132 Å². The summed E-state index contributed by atoms with van der Waals surface area (Å²) in [5, 5.41) is 0. The van der Waals surface area contributed by atoms with Gasteiger partial charge in [-0.15, -0.1) is 0 Å². The second kappa shape index (κ2) is 8.37. The highest BCUT2D eigenvalue weighted by Gasteiger charge is 2.13. The molecular weight excluding hydrogens is 276 g/mol. The van der Waals surface area contributed by atoms with E-state index in [0.717, 1.165) is 25.7 Å². The van der Waals surface area contributed by atoms with Crippen LogP contribution >= 0.6 is 0 Å². The van der Waals surface area contributed by atoms with Crippen molar-refractivity contribution < 1.29 is 9.53 Å². The highest BCUT2D eigenvalue weighted by atomic mass is 16.5. The average molecular weight is 300 g/mol. The van der Waals surface area contributed by atoms with E-state index in [0.29, 0.717) is 12.2 Å². The molecule has 0 aliphatic rings. The van der Waals surface area contributed by atoms with Gasteiger partial charge in [-0.05, 0) is 30.5 Å². The van der Waals surface area contributed by atoms with Gasteiger partial charge in [0, 0.05) is 12.4 Å². The number of hydrogen-bond donors (Lipinski definition) is 0. The molecule has 4 nitrogen and oxygen atoms in total. The van der Waals surface area contributed by atoms with Gasteiger partial charge >= 0.3 is 5.97 Å². The maximum absolute atomic E-state index is 11.9. The first kappa shape index (κ1) is 16.3. The number of unbranched alkanes of at least 4 members (excludes halogenated alkanes) is 1. The highest BCUT2D eigenvalue weighted by molar-refractivity contribution is 5.89. The molecule has 0 saturated heterocycles. The number of imidazole rings is 1. The number of hydrogen-bond acceptors (Lipinski definition) is 3. The molecule has 22 heavy (non-hydrogen) atoms. The van der Waals surface area contributed by atoms with Crippen LogP contribution in [0.5, 0.6) is 0 Å². The van der Waals surface area contributed by atoms with Gasteiger partial charge in [-0.2, -0.15) is 0 Å². The third-order valence-corrected chi connectivity index (χ3v) is 3.71. The molecule has 0 bridgehead atoms. The summed E-state index contributed by atoms with van der Waals surface area (Å²) in [7, 11) is 0. The molecule has 0 N–H and O–H groups in total. The van der Waals surface area contributed by atoms with Crippen LogP contribution < -0.4 is 0 Å². The zero-order valence-corrected chi connectivity index (χ0v) is 13.4. The lowest BCUT2D eigenvalue weighted by atomic mass is 10.0. The number of rotatable bonds is 8. The fourth-order valence-electron chi connectivity index (χ4n) is 2.45. The van der Waals surface area contributed by atoms with E-state index in [1.807, 2.05) is 36.8 Å². The smallest absolute Gasteiger partial charge is 0.338 e. The van der Waals surface area contributed by atoms with Crippen LogP contribution in [0.2, 0.25) is 0 Å². The van der Waals surface area contributed by atoms with Crippen molar-refractivity contribution in [1.82, 2.24) is 9.55 Å². The third-order valence-electron chi connectivity index (χ3n) is 3.71. The summed E-state index contributed by atoms with van der Waals surface area (Å²) in [6.45, 7) is 4.74. The molecule has 0 aliphatic heterocycles. The van der Waals surface area contributed by atoms with Crippen LogP contribution in [-0.4, -0.2) is 22.1 Å². The average Bonchev–Trinajstić information content (AvgIpc) is 3.07. The van der Waals surface area contributed by atoms with Gasteiger partial charge in [-0.1, -0.05) is 38.8 Å². The van der Waals surface area contributed by atoms with E-state index in [1.54, 1.807) is 6.20 Å². The molecule has 0 aliphatic carbocycles. The molecule has 0 saturated carbocycles. The molecule has 2 rings (SSSR count). The maximum Gasteiger partial charge on any atom is 0.338 e. The molecule has 0 fully saturated rings. The minimum Gasteiger partial charge on any atom is -0.462 e. The summed E-state index contributed by atoms with van der Waals surface area (Å²) in [4.78, 5) is 16.0. The Balaban J connectivity index is 2.08. The summed E-state index contributed by atoms with van der Waals surface area (Å²) < 4.78 is 7.34. The van der Waals surface area contributed by atoms with Gasteiger partial charge in [0.25, 0.3) is 0 Å².